The second-order valence-corrected chi connectivity index (χ2v) is 7.75. The molecule has 2 aliphatic heterocycles. The van der Waals surface area contributed by atoms with Crippen LogP contribution >= 0.6 is 0 Å². The van der Waals surface area contributed by atoms with Crippen LogP contribution in [-0.4, -0.2) is 50.6 Å². The summed E-state index contributed by atoms with van der Waals surface area (Å²) in [5.74, 6) is -2.63. The van der Waals surface area contributed by atoms with E-state index in [9.17, 15) is 31.2 Å². The molecule has 1 unspecified atom stereocenters. The van der Waals surface area contributed by atoms with Crippen LogP contribution in [0.1, 0.15) is 17.5 Å². The van der Waals surface area contributed by atoms with Crippen molar-refractivity contribution in [3.63, 3.8) is 0 Å². The maximum Gasteiger partial charge on any atom is 0.471 e. The van der Waals surface area contributed by atoms with Crippen molar-refractivity contribution in [2.45, 2.75) is 36.5 Å². The first-order chi connectivity index (χ1) is 12.1. The number of halogens is 3. The number of carbonyl (C=O) groups is 2. The van der Waals surface area contributed by atoms with E-state index in [4.69, 9.17) is 4.74 Å². The van der Waals surface area contributed by atoms with Gasteiger partial charge in [0.1, 0.15) is 6.04 Å². The fraction of sp³-hybridized carbons (Fsp3) is 0.467. The molecule has 1 atom stereocenters. The Kier molecular flexibility index (Phi) is 4.69. The molecular weight excluding hydrogens is 377 g/mol. The first-order valence-corrected chi connectivity index (χ1v) is 9.23. The van der Waals surface area contributed by atoms with Crippen LogP contribution < -0.4 is 4.72 Å². The summed E-state index contributed by atoms with van der Waals surface area (Å²) in [6, 6.07) is 3.07. The van der Waals surface area contributed by atoms with Gasteiger partial charge in [0.2, 0.25) is 10.0 Å². The van der Waals surface area contributed by atoms with Crippen molar-refractivity contribution < 1.29 is 35.9 Å². The molecule has 26 heavy (non-hydrogen) atoms. The summed E-state index contributed by atoms with van der Waals surface area (Å²) in [4.78, 5) is 23.3. The van der Waals surface area contributed by atoms with Crippen LogP contribution in [-0.2, 0) is 37.3 Å². The number of sulfonamides is 1. The van der Waals surface area contributed by atoms with Crippen LogP contribution in [0.5, 0.6) is 0 Å². The van der Waals surface area contributed by atoms with Crippen molar-refractivity contribution in [1.82, 2.24) is 9.62 Å². The quantitative estimate of drug-likeness (QED) is 0.766. The monoisotopic (exact) mass is 392 g/mol. The molecule has 2 aliphatic rings. The van der Waals surface area contributed by atoms with Gasteiger partial charge in [-0.05, 0) is 29.7 Å². The lowest BCUT2D eigenvalue weighted by Gasteiger charge is -2.29. The number of amides is 1. The van der Waals surface area contributed by atoms with Crippen molar-refractivity contribution in [2.75, 3.05) is 13.2 Å². The van der Waals surface area contributed by atoms with Gasteiger partial charge in [0.25, 0.3) is 0 Å². The van der Waals surface area contributed by atoms with Crippen molar-refractivity contribution in [3.05, 3.63) is 29.3 Å². The number of hydrogen-bond donors (Lipinski definition) is 1. The highest BCUT2D eigenvalue weighted by Gasteiger charge is 2.43. The van der Waals surface area contributed by atoms with Gasteiger partial charge in [-0.25, -0.2) is 8.42 Å². The molecule has 7 nitrogen and oxygen atoms in total. The van der Waals surface area contributed by atoms with Gasteiger partial charge < -0.3 is 9.64 Å². The Balaban J connectivity index is 1.82. The number of hydrogen-bond acceptors (Lipinski definition) is 5. The van der Waals surface area contributed by atoms with Gasteiger partial charge in [-0.2, -0.15) is 17.9 Å². The molecule has 1 amide bonds. The molecule has 2 heterocycles. The lowest BCUT2D eigenvalue weighted by atomic mass is 10.00. The van der Waals surface area contributed by atoms with E-state index in [-0.39, 0.29) is 37.4 Å². The highest BCUT2D eigenvalue weighted by atomic mass is 32.2. The lowest BCUT2D eigenvalue weighted by molar-refractivity contribution is -0.186. The van der Waals surface area contributed by atoms with Gasteiger partial charge in [-0.3, -0.25) is 9.59 Å². The Hall–Kier alpha value is -2.14. The third-order valence-corrected chi connectivity index (χ3v) is 5.73. The summed E-state index contributed by atoms with van der Waals surface area (Å²) in [7, 11) is -4.05. The third-order valence-electron chi connectivity index (χ3n) is 4.26. The number of nitrogens with zero attached hydrogens (tertiary/aromatic N) is 1. The zero-order valence-electron chi connectivity index (χ0n) is 13.4. The molecule has 0 bridgehead atoms. The number of fused-ring (bicyclic) bond motifs is 1. The molecule has 142 valence electrons. The van der Waals surface area contributed by atoms with Gasteiger partial charge >= 0.3 is 18.1 Å². The van der Waals surface area contributed by atoms with E-state index in [0.717, 1.165) is 0 Å². The molecule has 0 saturated carbocycles. The molecule has 1 fully saturated rings. The van der Waals surface area contributed by atoms with Gasteiger partial charge in [0.05, 0.1) is 11.5 Å². The number of benzene rings is 1. The summed E-state index contributed by atoms with van der Waals surface area (Å²) in [6.07, 6.45) is -4.58. The second kappa shape index (κ2) is 6.54. The van der Waals surface area contributed by atoms with E-state index in [2.05, 4.69) is 4.72 Å². The van der Waals surface area contributed by atoms with Crippen molar-refractivity contribution in [2.24, 2.45) is 0 Å². The van der Waals surface area contributed by atoms with E-state index in [0.29, 0.717) is 16.0 Å². The minimum atomic E-state index is -4.98. The fourth-order valence-electron chi connectivity index (χ4n) is 2.91. The average molecular weight is 392 g/mol. The molecule has 0 radical (unpaired) electrons. The maximum atomic E-state index is 12.6. The minimum Gasteiger partial charge on any atom is -0.464 e. The highest BCUT2D eigenvalue weighted by Crippen LogP contribution is 2.26. The number of nitrogens with one attached hydrogen (secondary N) is 1. The molecule has 1 saturated heterocycles. The zero-order valence-corrected chi connectivity index (χ0v) is 14.2. The molecule has 1 N–H and O–H groups in total. The number of rotatable bonds is 3. The third kappa shape index (κ3) is 3.68. The molecular formula is C15H15F3N2O5S. The Labute approximate surface area is 147 Å². The number of esters is 1. The molecule has 3 rings (SSSR count). The van der Waals surface area contributed by atoms with Crippen LogP contribution in [0.25, 0.3) is 0 Å². The van der Waals surface area contributed by atoms with E-state index in [1.54, 1.807) is 0 Å². The van der Waals surface area contributed by atoms with Gasteiger partial charge in [-0.15, -0.1) is 0 Å². The number of ether oxygens (including phenoxy) is 1. The SMILES string of the molecule is O=C1OCCC1NS(=O)(=O)c1ccc2c(c1)CN(C(=O)C(F)(F)F)CC2. The molecule has 0 aliphatic carbocycles. The molecule has 11 heteroatoms. The summed E-state index contributed by atoms with van der Waals surface area (Å²) < 4.78 is 69.6. The maximum absolute atomic E-state index is 12.6. The summed E-state index contributed by atoms with van der Waals surface area (Å²) in [6.45, 7) is -0.309. The largest absolute Gasteiger partial charge is 0.471 e. The lowest BCUT2D eigenvalue weighted by Crippen LogP contribution is -2.43. The number of cyclic esters (lactones) is 1. The van der Waals surface area contributed by atoms with Gasteiger partial charge in [0.15, 0.2) is 0 Å². The van der Waals surface area contributed by atoms with E-state index in [1.807, 2.05) is 0 Å². The Morgan fingerprint density at radius 2 is 2.00 bits per heavy atom. The van der Waals surface area contributed by atoms with Gasteiger partial charge in [0, 0.05) is 19.5 Å². The zero-order chi connectivity index (χ0) is 19.1. The Bertz CT molecular complexity index is 853. The number of alkyl halides is 3. The normalized spacial score (nSPS) is 20.7. The van der Waals surface area contributed by atoms with E-state index >= 15 is 0 Å². The first-order valence-electron chi connectivity index (χ1n) is 7.75. The standard InChI is InChI=1S/C15H15F3N2O5S/c16-15(17,18)14(22)20-5-3-9-1-2-11(7-10(9)8-20)26(23,24)19-12-4-6-25-13(12)21/h1-2,7,12,19H,3-6,8H2. The summed E-state index contributed by atoms with van der Waals surface area (Å²) >= 11 is 0. The van der Waals surface area contributed by atoms with Crippen molar-refractivity contribution >= 4 is 21.9 Å². The smallest absolute Gasteiger partial charge is 0.464 e. The van der Waals surface area contributed by atoms with Crippen molar-refractivity contribution in [1.29, 1.82) is 0 Å². The second-order valence-electron chi connectivity index (χ2n) is 6.04. The summed E-state index contributed by atoms with van der Waals surface area (Å²) in [5, 5.41) is 0. The molecule has 0 aromatic heterocycles. The van der Waals surface area contributed by atoms with E-state index in [1.165, 1.54) is 18.2 Å². The van der Waals surface area contributed by atoms with Crippen LogP contribution in [0, 0.1) is 0 Å². The molecule has 1 aromatic rings. The van der Waals surface area contributed by atoms with Gasteiger partial charge in [-0.1, -0.05) is 6.07 Å². The first kappa shape index (κ1) is 18.6. The average Bonchev–Trinajstić information content (AvgIpc) is 2.96. The molecule has 0 spiro atoms. The topological polar surface area (TPSA) is 92.8 Å². The molecule has 1 aromatic carbocycles. The van der Waals surface area contributed by atoms with Crippen LogP contribution in [0.4, 0.5) is 13.2 Å². The minimum absolute atomic E-state index is 0.0936. The Morgan fingerprint density at radius 1 is 1.27 bits per heavy atom. The Morgan fingerprint density at radius 3 is 2.62 bits per heavy atom. The van der Waals surface area contributed by atoms with Crippen LogP contribution in [0.3, 0.4) is 0 Å². The number of carbonyl (C=O) groups excluding carboxylic acids is 2. The predicted molar refractivity (Wildman–Crippen MR) is 81.3 cm³/mol. The summed E-state index contributed by atoms with van der Waals surface area (Å²) in [5.41, 5.74) is 1.00. The van der Waals surface area contributed by atoms with Crippen LogP contribution in [0.15, 0.2) is 23.1 Å². The highest BCUT2D eigenvalue weighted by molar-refractivity contribution is 7.89. The van der Waals surface area contributed by atoms with Crippen LogP contribution in [0.2, 0.25) is 0 Å². The fourth-order valence-corrected chi connectivity index (χ4v) is 4.18. The van der Waals surface area contributed by atoms with E-state index < -0.39 is 34.1 Å². The van der Waals surface area contributed by atoms with Crippen molar-refractivity contribution in [3.8, 4) is 0 Å². The predicted octanol–water partition coefficient (Wildman–Crippen LogP) is 0.727.